The van der Waals surface area contributed by atoms with Crippen molar-refractivity contribution in [3.05, 3.63) is 0 Å². The lowest BCUT2D eigenvalue weighted by Crippen LogP contribution is -2.72. The third-order valence-electron chi connectivity index (χ3n) is 6.61. The molecule has 2 aliphatic heterocycles. The lowest BCUT2D eigenvalue weighted by atomic mass is 9.46. The SMILES string of the molecule is CCN=C(NC1C2CCOC2C12CCC2)N1CCC(C)(C)C1. The van der Waals surface area contributed by atoms with Gasteiger partial charge in [0.1, 0.15) is 0 Å². The van der Waals surface area contributed by atoms with Gasteiger partial charge in [-0.1, -0.05) is 20.3 Å². The Morgan fingerprint density at radius 2 is 2.14 bits per heavy atom. The third kappa shape index (κ3) is 2.10. The summed E-state index contributed by atoms with van der Waals surface area (Å²) in [6.07, 6.45) is 7.10. The average molecular weight is 305 g/mol. The molecule has 124 valence electrons. The second kappa shape index (κ2) is 5.12. The van der Waals surface area contributed by atoms with Crippen LogP contribution in [0.5, 0.6) is 0 Å². The number of hydrogen-bond donors (Lipinski definition) is 1. The fraction of sp³-hybridized carbons (Fsp3) is 0.944. The number of fused-ring (bicyclic) bond motifs is 2. The molecule has 1 N–H and O–H groups in total. The van der Waals surface area contributed by atoms with Gasteiger partial charge in [0.2, 0.25) is 0 Å². The van der Waals surface area contributed by atoms with Gasteiger partial charge in [-0.2, -0.15) is 0 Å². The Morgan fingerprint density at radius 1 is 1.32 bits per heavy atom. The van der Waals surface area contributed by atoms with Gasteiger partial charge >= 0.3 is 0 Å². The molecule has 22 heavy (non-hydrogen) atoms. The maximum atomic E-state index is 6.05. The van der Waals surface area contributed by atoms with Crippen LogP contribution in [0.4, 0.5) is 0 Å². The summed E-state index contributed by atoms with van der Waals surface area (Å²) in [5, 5.41) is 3.89. The van der Waals surface area contributed by atoms with Crippen LogP contribution in [0.15, 0.2) is 4.99 Å². The zero-order chi connectivity index (χ0) is 15.4. The van der Waals surface area contributed by atoms with Crippen LogP contribution in [0, 0.1) is 16.7 Å². The van der Waals surface area contributed by atoms with Crippen molar-refractivity contribution in [2.45, 2.75) is 65.0 Å². The molecule has 4 nitrogen and oxygen atoms in total. The van der Waals surface area contributed by atoms with Crippen molar-refractivity contribution in [2.75, 3.05) is 26.2 Å². The predicted octanol–water partition coefficient (Wildman–Crippen LogP) is 2.64. The van der Waals surface area contributed by atoms with Gasteiger partial charge in [-0.15, -0.1) is 0 Å². The maximum absolute atomic E-state index is 6.05. The lowest BCUT2D eigenvalue weighted by molar-refractivity contribution is -0.171. The molecule has 4 fully saturated rings. The van der Waals surface area contributed by atoms with E-state index in [1.807, 2.05) is 0 Å². The number of aliphatic imine (C=N–C) groups is 1. The maximum Gasteiger partial charge on any atom is 0.194 e. The normalized spacial score (nSPS) is 38.6. The zero-order valence-electron chi connectivity index (χ0n) is 14.4. The van der Waals surface area contributed by atoms with E-state index in [1.165, 1.54) is 32.1 Å². The van der Waals surface area contributed by atoms with E-state index in [2.05, 4.69) is 31.0 Å². The van der Waals surface area contributed by atoms with Crippen LogP contribution in [0.2, 0.25) is 0 Å². The van der Waals surface area contributed by atoms with Gasteiger partial charge in [-0.25, -0.2) is 0 Å². The van der Waals surface area contributed by atoms with Crippen LogP contribution in [0.3, 0.4) is 0 Å². The first-order valence-corrected chi connectivity index (χ1v) is 9.23. The van der Waals surface area contributed by atoms with Crippen molar-refractivity contribution < 1.29 is 4.74 Å². The van der Waals surface area contributed by atoms with Crippen LogP contribution in [-0.2, 0) is 4.74 Å². The quantitative estimate of drug-likeness (QED) is 0.629. The summed E-state index contributed by atoms with van der Waals surface area (Å²) in [5.74, 6) is 1.88. The third-order valence-corrected chi connectivity index (χ3v) is 6.61. The molecule has 2 aliphatic carbocycles. The highest BCUT2D eigenvalue weighted by Crippen LogP contribution is 2.62. The number of nitrogens with zero attached hydrogens (tertiary/aromatic N) is 2. The second-order valence-electron chi connectivity index (χ2n) is 8.59. The number of ether oxygens (including phenoxy) is 1. The summed E-state index contributed by atoms with van der Waals surface area (Å²) < 4.78 is 6.05. The second-order valence-corrected chi connectivity index (χ2v) is 8.59. The van der Waals surface area contributed by atoms with E-state index in [9.17, 15) is 0 Å². The van der Waals surface area contributed by atoms with Gasteiger partial charge in [0.15, 0.2) is 5.96 Å². The Labute approximate surface area is 134 Å². The first-order chi connectivity index (χ1) is 10.6. The van der Waals surface area contributed by atoms with E-state index in [0.29, 0.717) is 23.0 Å². The molecule has 0 bridgehead atoms. The minimum Gasteiger partial charge on any atom is -0.377 e. The van der Waals surface area contributed by atoms with Gasteiger partial charge in [-0.05, 0) is 38.0 Å². The highest BCUT2D eigenvalue weighted by atomic mass is 16.5. The molecular formula is C18H31N3O. The molecule has 2 saturated carbocycles. The molecule has 0 aromatic carbocycles. The summed E-state index contributed by atoms with van der Waals surface area (Å²) >= 11 is 0. The molecule has 1 spiro atoms. The number of guanidine groups is 1. The lowest BCUT2D eigenvalue weighted by Gasteiger charge is -2.63. The predicted molar refractivity (Wildman–Crippen MR) is 89.0 cm³/mol. The molecule has 2 heterocycles. The molecule has 0 amide bonds. The standard InChI is InChI=1S/C18H31N3O/c1-4-19-16(21-10-9-17(2,3)12-21)20-14-13-6-11-22-15(13)18(14)7-5-8-18/h13-15H,4-12H2,1-3H3,(H,19,20). The Bertz CT molecular complexity index is 469. The minimum atomic E-state index is 0.420. The molecule has 4 aliphatic rings. The summed E-state index contributed by atoms with van der Waals surface area (Å²) in [6.45, 7) is 11.0. The molecule has 0 radical (unpaired) electrons. The molecule has 4 heteroatoms. The highest BCUT2D eigenvalue weighted by Gasteiger charge is 2.66. The summed E-state index contributed by atoms with van der Waals surface area (Å²) in [7, 11) is 0. The van der Waals surface area contributed by atoms with Crippen molar-refractivity contribution in [1.82, 2.24) is 10.2 Å². The van der Waals surface area contributed by atoms with Crippen LogP contribution in [0.1, 0.15) is 52.9 Å². The fourth-order valence-corrected chi connectivity index (χ4v) is 5.27. The fourth-order valence-electron chi connectivity index (χ4n) is 5.27. The molecule has 0 aromatic heterocycles. The Kier molecular flexibility index (Phi) is 3.44. The smallest absolute Gasteiger partial charge is 0.194 e. The van der Waals surface area contributed by atoms with E-state index in [1.54, 1.807) is 0 Å². The first kappa shape index (κ1) is 14.8. The monoisotopic (exact) mass is 305 g/mol. The first-order valence-electron chi connectivity index (χ1n) is 9.23. The molecule has 3 unspecified atom stereocenters. The average Bonchev–Trinajstić information content (AvgIpc) is 2.97. The Morgan fingerprint density at radius 3 is 2.73 bits per heavy atom. The van der Waals surface area contributed by atoms with E-state index >= 15 is 0 Å². The van der Waals surface area contributed by atoms with Gasteiger partial charge in [0.25, 0.3) is 0 Å². The van der Waals surface area contributed by atoms with Crippen molar-refractivity contribution in [2.24, 2.45) is 21.7 Å². The van der Waals surface area contributed by atoms with Crippen molar-refractivity contribution in [3.63, 3.8) is 0 Å². The number of likely N-dealkylation sites (tertiary alicyclic amines) is 1. The van der Waals surface area contributed by atoms with Gasteiger partial charge in [-0.3, -0.25) is 4.99 Å². The van der Waals surface area contributed by atoms with Crippen molar-refractivity contribution >= 4 is 5.96 Å². The Balaban J connectivity index is 1.49. The van der Waals surface area contributed by atoms with E-state index in [4.69, 9.17) is 9.73 Å². The zero-order valence-corrected chi connectivity index (χ0v) is 14.4. The minimum absolute atomic E-state index is 0.420. The van der Waals surface area contributed by atoms with Crippen LogP contribution >= 0.6 is 0 Å². The molecule has 3 atom stereocenters. The number of nitrogens with one attached hydrogen (secondary N) is 1. The number of rotatable bonds is 2. The molecule has 0 aromatic rings. The topological polar surface area (TPSA) is 36.9 Å². The largest absolute Gasteiger partial charge is 0.377 e. The van der Waals surface area contributed by atoms with Gasteiger partial charge in [0.05, 0.1) is 6.10 Å². The van der Waals surface area contributed by atoms with Crippen LogP contribution < -0.4 is 5.32 Å². The van der Waals surface area contributed by atoms with Crippen LogP contribution in [-0.4, -0.2) is 49.2 Å². The van der Waals surface area contributed by atoms with E-state index in [-0.39, 0.29) is 0 Å². The van der Waals surface area contributed by atoms with Crippen molar-refractivity contribution in [1.29, 1.82) is 0 Å². The summed E-state index contributed by atoms with van der Waals surface area (Å²) in [6, 6.07) is 0.600. The molecule has 4 rings (SSSR count). The van der Waals surface area contributed by atoms with Gasteiger partial charge in [0, 0.05) is 43.6 Å². The Hall–Kier alpha value is -0.770. The molecular weight excluding hydrogens is 274 g/mol. The van der Waals surface area contributed by atoms with Crippen molar-refractivity contribution in [3.8, 4) is 0 Å². The van der Waals surface area contributed by atoms with E-state index in [0.717, 1.165) is 38.1 Å². The summed E-state index contributed by atoms with van der Waals surface area (Å²) in [4.78, 5) is 7.31. The van der Waals surface area contributed by atoms with E-state index < -0.39 is 0 Å². The van der Waals surface area contributed by atoms with Gasteiger partial charge < -0.3 is 15.0 Å². The summed E-state index contributed by atoms with van der Waals surface area (Å²) in [5.41, 5.74) is 0.855. The van der Waals surface area contributed by atoms with Crippen LogP contribution in [0.25, 0.3) is 0 Å². The molecule has 2 saturated heterocycles. The number of hydrogen-bond acceptors (Lipinski definition) is 2. The highest BCUT2D eigenvalue weighted by molar-refractivity contribution is 5.81.